The second kappa shape index (κ2) is 7.50. The fourth-order valence-electron chi connectivity index (χ4n) is 2.19. The molecular weight excluding hydrogens is 378 g/mol. The third-order valence-corrected chi connectivity index (χ3v) is 3.70. The number of nitrogen functional groups attached to an aromatic ring is 2. The van der Waals surface area contributed by atoms with E-state index in [0.29, 0.717) is 22.1 Å². The molecule has 4 N–H and O–H groups in total. The van der Waals surface area contributed by atoms with Crippen LogP contribution in [-0.2, 0) is 0 Å². The Balaban J connectivity index is 0.000000156. The third-order valence-electron chi connectivity index (χ3n) is 3.42. The van der Waals surface area contributed by atoms with Gasteiger partial charge in [0, 0.05) is 12.1 Å². The maximum Gasteiger partial charge on any atom is 0.257 e. The first-order chi connectivity index (χ1) is 12.9. The van der Waals surface area contributed by atoms with Gasteiger partial charge >= 0.3 is 0 Å². The Morgan fingerprint density at radius 2 is 1.30 bits per heavy atom. The van der Waals surface area contributed by atoms with Crippen molar-refractivity contribution in [3.8, 4) is 5.88 Å². The number of hydrogen-bond donors (Lipinski definition) is 2. The molecule has 0 fully saturated rings. The molecule has 2 aromatic carbocycles. The van der Waals surface area contributed by atoms with E-state index in [1.807, 2.05) is 0 Å². The van der Waals surface area contributed by atoms with Gasteiger partial charge in [0.1, 0.15) is 11.6 Å². The van der Waals surface area contributed by atoms with Crippen molar-refractivity contribution in [3.05, 3.63) is 53.2 Å². The molecule has 27 heavy (non-hydrogen) atoms. The lowest BCUT2D eigenvalue weighted by Crippen LogP contribution is -1.99. The lowest BCUT2D eigenvalue weighted by molar-refractivity contribution is 0.400. The number of anilines is 2. The topological polar surface area (TPSA) is 113 Å². The van der Waals surface area contributed by atoms with Crippen molar-refractivity contribution < 1.29 is 13.5 Å². The summed E-state index contributed by atoms with van der Waals surface area (Å²) in [5.41, 5.74) is 12.8. The molecule has 0 spiro atoms. The molecule has 0 aliphatic rings. The first-order valence-electron chi connectivity index (χ1n) is 7.52. The van der Waals surface area contributed by atoms with Crippen molar-refractivity contribution in [2.75, 3.05) is 18.6 Å². The minimum atomic E-state index is -0.372. The molecule has 0 saturated carbocycles. The highest BCUT2D eigenvalue weighted by atomic mass is 35.5. The summed E-state index contributed by atoms with van der Waals surface area (Å²) in [6, 6.07) is 8.17. The molecule has 0 radical (unpaired) electrons. The summed E-state index contributed by atoms with van der Waals surface area (Å²) < 4.78 is 30.4. The van der Waals surface area contributed by atoms with E-state index in [0.717, 1.165) is 0 Å². The Kier molecular flexibility index (Phi) is 5.13. The standard InChI is InChI=1S/C9H8FN3O.C8H5ClFN3/c1-14-9-8(11)12-7-4-5(10)2-3-6(7)13-9;9-7-8(11)13-6-3-4(10)1-2-5(6)12-7/h2-4H,1H3,(H2,11,12);1-3H,(H2,11,13). The van der Waals surface area contributed by atoms with Gasteiger partial charge in [-0.25, -0.2) is 28.7 Å². The average molecular weight is 391 g/mol. The van der Waals surface area contributed by atoms with Gasteiger partial charge in [-0.15, -0.1) is 0 Å². The highest BCUT2D eigenvalue weighted by Crippen LogP contribution is 2.21. The molecule has 138 valence electrons. The summed E-state index contributed by atoms with van der Waals surface area (Å²) in [4.78, 5) is 15.8. The van der Waals surface area contributed by atoms with Crippen LogP contribution in [0.1, 0.15) is 0 Å². The molecule has 0 saturated heterocycles. The average Bonchev–Trinajstić information content (AvgIpc) is 2.63. The predicted octanol–water partition coefficient (Wildman–Crippen LogP) is 3.36. The second-order valence-corrected chi connectivity index (χ2v) is 5.64. The van der Waals surface area contributed by atoms with Gasteiger partial charge in [-0.3, -0.25) is 0 Å². The van der Waals surface area contributed by atoms with Gasteiger partial charge in [0.2, 0.25) is 0 Å². The van der Waals surface area contributed by atoms with E-state index in [1.165, 1.54) is 43.5 Å². The molecule has 0 amide bonds. The fraction of sp³-hybridized carbons (Fsp3) is 0.0588. The maximum absolute atomic E-state index is 12.8. The minimum absolute atomic E-state index is 0.111. The van der Waals surface area contributed by atoms with E-state index in [1.54, 1.807) is 0 Å². The Labute approximate surface area is 157 Å². The summed E-state index contributed by atoms with van der Waals surface area (Å²) in [5, 5.41) is 0.138. The number of nitrogens with two attached hydrogens (primary N) is 2. The van der Waals surface area contributed by atoms with Crippen molar-refractivity contribution in [1.82, 2.24) is 19.9 Å². The van der Waals surface area contributed by atoms with Crippen molar-refractivity contribution in [3.63, 3.8) is 0 Å². The molecule has 0 bridgehead atoms. The molecule has 4 aromatic rings. The van der Waals surface area contributed by atoms with Crippen molar-refractivity contribution in [1.29, 1.82) is 0 Å². The number of benzene rings is 2. The van der Waals surface area contributed by atoms with Crippen LogP contribution in [0.2, 0.25) is 5.15 Å². The van der Waals surface area contributed by atoms with Gasteiger partial charge in [-0.2, -0.15) is 0 Å². The summed E-state index contributed by atoms with van der Waals surface area (Å²) >= 11 is 5.64. The largest absolute Gasteiger partial charge is 0.478 e. The zero-order chi connectivity index (χ0) is 19.6. The van der Waals surface area contributed by atoms with E-state index in [9.17, 15) is 8.78 Å². The molecule has 0 aliphatic carbocycles. The number of hydrogen-bond acceptors (Lipinski definition) is 7. The molecule has 10 heteroatoms. The highest BCUT2D eigenvalue weighted by Gasteiger charge is 2.06. The summed E-state index contributed by atoms with van der Waals surface area (Å²) in [5.74, 6) is -0.214. The van der Waals surface area contributed by atoms with E-state index in [2.05, 4.69) is 19.9 Å². The number of aromatic nitrogens is 4. The number of fused-ring (bicyclic) bond motifs is 2. The first kappa shape index (κ1) is 18.5. The number of methoxy groups -OCH3 is 1. The van der Waals surface area contributed by atoms with E-state index >= 15 is 0 Å². The smallest absolute Gasteiger partial charge is 0.257 e. The molecule has 0 unspecified atom stereocenters. The molecule has 0 aliphatic heterocycles. The molecule has 4 rings (SSSR count). The zero-order valence-electron chi connectivity index (χ0n) is 13.9. The van der Waals surface area contributed by atoms with Gasteiger partial charge in [0.25, 0.3) is 5.88 Å². The lowest BCUT2D eigenvalue weighted by atomic mass is 10.3. The Morgan fingerprint density at radius 3 is 1.85 bits per heavy atom. The lowest BCUT2D eigenvalue weighted by Gasteiger charge is -2.03. The Morgan fingerprint density at radius 1 is 0.778 bits per heavy atom. The fourth-order valence-corrected chi connectivity index (χ4v) is 2.33. The van der Waals surface area contributed by atoms with Crippen LogP contribution in [0.25, 0.3) is 22.1 Å². The highest BCUT2D eigenvalue weighted by molar-refractivity contribution is 6.31. The normalized spacial score (nSPS) is 10.5. The van der Waals surface area contributed by atoms with Crippen LogP contribution in [0.5, 0.6) is 5.88 Å². The molecule has 2 heterocycles. The van der Waals surface area contributed by atoms with Gasteiger partial charge in [0.15, 0.2) is 16.8 Å². The molecule has 2 aromatic heterocycles. The number of nitrogens with zero attached hydrogens (tertiary/aromatic N) is 4. The summed E-state index contributed by atoms with van der Waals surface area (Å²) in [6.45, 7) is 0. The van der Waals surface area contributed by atoms with Crippen LogP contribution in [0.15, 0.2) is 36.4 Å². The van der Waals surface area contributed by atoms with Gasteiger partial charge in [-0.05, 0) is 24.3 Å². The van der Waals surface area contributed by atoms with Crippen LogP contribution in [-0.4, -0.2) is 27.0 Å². The second-order valence-electron chi connectivity index (χ2n) is 5.28. The van der Waals surface area contributed by atoms with Gasteiger partial charge in [-0.1, -0.05) is 11.6 Å². The number of halogens is 3. The Bertz CT molecular complexity index is 1140. The minimum Gasteiger partial charge on any atom is -0.478 e. The van der Waals surface area contributed by atoms with Crippen LogP contribution in [0.3, 0.4) is 0 Å². The quantitative estimate of drug-likeness (QED) is 0.512. The van der Waals surface area contributed by atoms with Crippen molar-refractivity contribution in [2.24, 2.45) is 0 Å². The van der Waals surface area contributed by atoms with Crippen LogP contribution >= 0.6 is 11.6 Å². The zero-order valence-corrected chi connectivity index (χ0v) is 14.7. The van der Waals surface area contributed by atoms with E-state index < -0.39 is 0 Å². The molecule has 0 atom stereocenters. The first-order valence-corrected chi connectivity index (χ1v) is 7.90. The summed E-state index contributed by atoms with van der Waals surface area (Å²) in [7, 11) is 1.45. The summed E-state index contributed by atoms with van der Waals surface area (Å²) in [6.07, 6.45) is 0. The van der Waals surface area contributed by atoms with Gasteiger partial charge < -0.3 is 16.2 Å². The maximum atomic E-state index is 12.8. The van der Waals surface area contributed by atoms with Crippen LogP contribution in [0.4, 0.5) is 20.4 Å². The van der Waals surface area contributed by atoms with Gasteiger partial charge in [0.05, 0.1) is 29.2 Å². The van der Waals surface area contributed by atoms with Crippen LogP contribution < -0.4 is 16.2 Å². The SMILES string of the molecule is COc1nc2ccc(F)cc2nc1N.Nc1nc2cc(F)ccc2nc1Cl. The Hall–Kier alpha value is -3.33. The number of rotatable bonds is 1. The third kappa shape index (κ3) is 4.09. The van der Waals surface area contributed by atoms with Crippen molar-refractivity contribution >= 4 is 45.3 Å². The van der Waals surface area contributed by atoms with Crippen molar-refractivity contribution in [2.45, 2.75) is 0 Å². The van der Waals surface area contributed by atoms with Crippen LogP contribution in [0, 0.1) is 11.6 Å². The molecular formula is C17H13ClF2N6O. The van der Waals surface area contributed by atoms with E-state index in [-0.39, 0.29) is 34.3 Å². The molecule has 7 nitrogen and oxygen atoms in total. The van der Waals surface area contributed by atoms with E-state index in [4.69, 9.17) is 27.8 Å². The number of ether oxygens (including phenoxy) is 1. The predicted molar refractivity (Wildman–Crippen MR) is 99.4 cm³/mol. The monoisotopic (exact) mass is 390 g/mol.